The number of aromatic nitrogens is 1. The number of carbonyl (C=O) groups is 1. The van der Waals surface area contributed by atoms with E-state index in [4.69, 9.17) is 28.2 Å². The monoisotopic (exact) mass is 520 g/mol. The Balaban J connectivity index is 1.80. The molecule has 0 N–H and O–H groups in total. The summed E-state index contributed by atoms with van der Waals surface area (Å²) in [5.41, 5.74) is 1.33. The molecule has 176 valence electrons. The number of benzene rings is 1. The summed E-state index contributed by atoms with van der Waals surface area (Å²) in [6.07, 6.45) is 0.621. The van der Waals surface area contributed by atoms with Crippen molar-refractivity contribution in [1.82, 2.24) is 10.0 Å². The number of furan rings is 1. The number of carbonyl (C=O) groups excluding carboxylic acids is 1. The second-order valence-electron chi connectivity index (χ2n) is 6.77. The van der Waals surface area contributed by atoms with Gasteiger partial charge < -0.3 is 23.4 Å². The van der Waals surface area contributed by atoms with Crippen LogP contribution in [0, 0.1) is 0 Å². The fourth-order valence-electron chi connectivity index (χ4n) is 3.18. The minimum absolute atomic E-state index is 0.0730. The summed E-state index contributed by atoms with van der Waals surface area (Å²) in [5.74, 6) is 2.34. The van der Waals surface area contributed by atoms with Crippen molar-refractivity contribution in [2.45, 2.75) is 12.6 Å². The molecule has 0 aliphatic heterocycles. The number of hydrogen-bond donors (Lipinski definition) is 0. The second kappa shape index (κ2) is 11.2. The second-order valence-corrected chi connectivity index (χ2v) is 7.56. The zero-order chi connectivity index (χ0) is 24.0. The normalized spacial score (nSPS) is 11.7. The molecular weight excluding hydrogens is 496 g/mol. The fourth-order valence-corrected chi connectivity index (χ4v) is 3.73. The molecule has 3 rings (SSSR count). The Labute approximate surface area is 200 Å². The molecular formula is C23H25BrN2O7. The standard InChI is InChI=1S/C23H25BrN2O7/c1-28-18-10-15(11-19(29-2)21(18)24)17-8-7-16(33-17)13-26(32-5)23(27)22(31-4)14-6-9-20(30-3)25-12-14/h6-12,22H,13H2,1-5H3. The largest absolute Gasteiger partial charge is 0.495 e. The summed E-state index contributed by atoms with van der Waals surface area (Å²) in [7, 11) is 7.52. The maximum absolute atomic E-state index is 13.1. The highest BCUT2D eigenvalue weighted by atomic mass is 79.9. The number of pyridine rings is 1. The van der Waals surface area contributed by atoms with Gasteiger partial charge in [-0.1, -0.05) is 0 Å². The minimum Gasteiger partial charge on any atom is -0.495 e. The molecule has 1 amide bonds. The molecule has 0 aliphatic carbocycles. The number of rotatable bonds is 10. The number of methoxy groups -OCH3 is 4. The summed E-state index contributed by atoms with van der Waals surface area (Å²) in [5, 5.41) is 1.17. The average Bonchev–Trinajstić information content (AvgIpc) is 3.32. The van der Waals surface area contributed by atoms with Crippen LogP contribution in [0.3, 0.4) is 0 Å². The van der Waals surface area contributed by atoms with Crippen molar-refractivity contribution in [2.75, 3.05) is 35.5 Å². The number of halogens is 1. The summed E-state index contributed by atoms with van der Waals surface area (Å²) in [6, 6.07) is 10.6. The molecule has 0 spiro atoms. The van der Waals surface area contributed by atoms with E-state index in [9.17, 15) is 4.79 Å². The third-order valence-corrected chi connectivity index (χ3v) is 5.67. The number of ether oxygens (including phenoxy) is 4. The van der Waals surface area contributed by atoms with Gasteiger partial charge in [0.05, 0.1) is 28.4 Å². The summed E-state index contributed by atoms with van der Waals surface area (Å²) >= 11 is 3.45. The SMILES string of the molecule is COc1ccc(C(OC)C(=O)N(Cc2ccc(-c3cc(OC)c(Br)c(OC)c3)o2)OC)cn1. The van der Waals surface area contributed by atoms with Crippen LogP contribution in [-0.2, 0) is 20.9 Å². The van der Waals surface area contributed by atoms with E-state index in [-0.39, 0.29) is 6.54 Å². The lowest BCUT2D eigenvalue weighted by molar-refractivity contribution is -0.191. The van der Waals surface area contributed by atoms with Crippen LogP contribution in [0.15, 0.2) is 51.5 Å². The van der Waals surface area contributed by atoms with Crippen molar-refractivity contribution in [2.24, 2.45) is 0 Å². The number of hydroxylamine groups is 2. The topological polar surface area (TPSA) is 92.5 Å². The Morgan fingerprint density at radius 1 is 1.03 bits per heavy atom. The van der Waals surface area contributed by atoms with E-state index in [1.165, 1.54) is 32.6 Å². The first kappa shape index (κ1) is 24.6. The molecule has 0 saturated heterocycles. The molecule has 2 aromatic heterocycles. The first-order chi connectivity index (χ1) is 15.9. The maximum Gasteiger partial charge on any atom is 0.280 e. The quantitative estimate of drug-likeness (QED) is 0.363. The zero-order valence-corrected chi connectivity index (χ0v) is 20.5. The van der Waals surface area contributed by atoms with Gasteiger partial charge in [0.1, 0.15) is 34.0 Å². The molecule has 0 fully saturated rings. The van der Waals surface area contributed by atoms with Gasteiger partial charge in [0, 0.05) is 30.5 Å². The highest BCUT2D eigenvalue weighted by Gasteiger charge is 2.28. The molecule has 3 aromatic rings. The van der Waals surface area contributed by atoms with Crippen LogP contribution < -0.4 is 14.2 Å². The molecule has 1 atom stereocenters. The summed E-state index contributed by atoms with van der Waals surface area (Å²) < 4.78 is 27.9. The Hall–Kier alpha value is -3.08. The molecule has 0 bridgehead atoms. The van der Waals surface area contributed by atoms with E-state index in [1.807, 2.05) is 12.1 Å². The highest BCUT2D eigenvalue weighted by molar-refractivity contribution is 9.10. The third kappa shape index (κ3) is 5.47. The third-order valence-electron chi connectivity index (χ3n) is 4.89. The van der Waals surface area contributed by atoms with Gasteiger partial charge >= 0.3 is 0 Å². The van der Waals surface area contributed by atoms with Crippen LogP contribution >= 0.6 is 15.9 Å². The van der Waals surface area contributed by atoms with Gasteiger partial charge in [-0.25, -0.2) is 10.0 Å². The molecule has 1 unspecified atom stereocenters. The predicted molar refractivity (Wildman–Crippen MR) is 123 cm³/mol. The Morgan fingerprint density at radius 3 is 2.24 bits per heavy atom. The summed E-state index contributed by atoms with van der Waals surface area (Å²) in [4.78, 5) is 22.5. The predicted octanol–water partition coefficient (Wildman–Crippen LogP) is 4.41. The van der Waals surface area contributed by atoms with Crippen molar-refractivity contribution >= 4 is 21.8 Å². The highest BCUT2D eigenvalue weighted by Crippen LogP contribution is 2.39. The van der Waals surface area contributed by atoms with Gasteiger partial charge in [-0.3, -0.25) is 9.63 Å². The number of hydrogen-bond acceptors (Lipinski definition) is 8. The van der Waals surface area contributed by atoms with Crippen LogP contribution in [0.1, 0.15) is 17.4 Å². The lowest BCUT2D eigenvalue weighted by atomic mass is 10.1. The average molecular weight is 521 g/mol. The van der Waals surface area contributed by atoms with Crippen molar-refractivity contribution < 1.29 is 33.0 Å². The number of nitrogens with zero attached hydrogens (tertiary/aromatic N) is 2. The van der Waals surface area contributed by atoms with Gasteiger partial charge in [-0.2, -0.15) is 0 Å². The van der Waals surface area contributed by atoms with Crippen molar-refractivity contribution in [1.29, 1.82) is 0 Å². The fraction of sp³-hybridized carbons (Fsp3) is 0.304. The molecule has 0 aliphatic rings. The van der Waals surface area contributed by atoms with Crippen LogP contribution in [0.2, 0.25) is 0 Å². The van der Waals surface area contributed by atoms with E-state index in [2.05, 4.69) is 20.9 Å². The molecule has 1 aromatic carbocycles. The Morgan fingerprint density at radius 2 is 1.73 bits per heavy atom. The van der Waals surface area contributed by atoms with Crippen molar-refractivity contribution in [3.05, 3.63) is 58.4 Å². The molecule has 33 heavy (non-hydrogen) atoms. The van der Waals surface area contributed by atoms with Crippen molar-refractivity contribution in [3.63, 3.8) is 0 Å². The van der Waals surface area contributed by atoms with Crippen LogP contribution in [0.4, 0.5) is 0 Å². The van der Waals surface area contributed by atoms with E-state index >= 15 is 0 Å². The summed E-state index contributed by atoms with van der Waals surface area (Å²) in [6.45, 7) is 0.0730. The van der Waals surface area contributed by atoms with E-state index in [0.717, 1.165) is 5.56 Å². The van der Waals surface area contributed by atoms with Crippen LogP contribution in [0.25, 0.3) is 11.3 Å². The first-order valence-electron chi connectivity index (χ1n) is 9.84. The molecule has 0 saturated carbocycles. The molecule has 2 heterocycles. The Bertz CT molecular complexity index is 1060. The minimum atomic E-state index is -0.905. The van der Waals surface area contributed by atoms with Crippen molar-refractivity contribution in [3.8, 4) is 28.7 Å². The van der Waals surface area contributed by atoms with Gasteiger partial charge in [0.15, 0.2) is 6.10 Å². The van der Waals surface area contributed by atoms with E-state index < -0.39 is 12.0 Å². The molecule has 0 radical (unpaired) electrons. The van der Waals surface area contributed by atoms with Gasteiger partial charge in [0.25, 0.3) is 5.91 Å². The smallest absolute Gasteiger partial charge is 0.280 e. The van der Waals surface area contributed by atoms with Crippen LogP contribution in [-0.4, -0.2) is 51.5 Å². The van der Waals surface area contributed by atoms with Crippen LogP contribution in [0.5, 0.6) is 17.4 Å². The molecule has 9 nitrogen and oxygen atoms in total. The lowest BCUT2D eigenvalue weighted by Crippen LogP contribution is -2.34. The number of amides is 1. The van der Waals surface area contributed by atoms with Gasteiger partial charge in [-0.15, -0.1) is 0 Å². The van der Waals surface area contributed by atoms with Gasteiger partial charge in [-0.05, 0) is 46.3 Å². The molecule has 10 heteroatoms. The lowest BCUT2D eigenvalue weighted by Gasteiger charge is -2.23. The Kier molecular flexibility index (Phi) is 8.32. The van der Waals surface area contributed by atoms with E-state index in [0.29, 0.717) is 38.9 Å². The zero-order valence-electron chi connectivity index (χ0n) is 19.0. The first-order valence-corrected chi connectivity index (χ1v) is 10.6. The maximum atomic E-state index is 13.1. The van der Waals surface area contributed by atoms with E-state index in [1.54, 1.807) is 38.5 Å². The van der Waals surface area contributed by atoms with Gasteiger partial charge in [0.2, 0.25) is 5.88 Å².